The van der Waals surface area contributed by atoms with Crippen LogP contribution in [0.5, 0.6) is 17.2 Å². The van der Waals surface area contributed by atoms with Gasteiger partial charge in [0.05, 0.1) is 10.9 Å². The van der Waals surface area contributed by atoms with Gasteiger partial charge in [0.15, 0.2) is 0 Å². The molecule has 5 nitrogen and oxygen atoms in total. The number of carbonyl (C=O) groups is 1. The molecule has 3 aromatic carbocycles. The summed E-state index contributed by atoms with van der Waals surface area (Å²) in [7, 11) is 0. The molecule has 0 saturated carbocycles. The highest BCUT2D eigenvalue weighted by Crippen LogP contribution is 2.25. The van der Waals surface area contributed by atoms with E-state index in [1.54, 1.807) is 42.5 Å². The van der Waals surface area contributed by atoms with Crippen LogP contribution in [0.25, 0.3) is 11.0 Å². The number of ether oxygens (including phenoxy) is 2. The van der Waals surface area contributed by atoms with Gasteiger partial charge in [-0.3, -0.25) is 4.79 Å². The fourth-order valence-corrected chi connectivity index (χ4v) is 3.05. The molecule has 0 fully saturated rings. The Kier molecular flexibility index (Phi) is 5.18. The third-order valence-corrected chi connectivity index (χ3v) is 4.75. The highest BCUT2D eigenvalue weighted by atomic mass is 79.9. The van der Waals surface area contributed by atoms with Gasteiger partial charge in [-0.1, -0.05) is 28.1 Å². The Labute approximate surface area is 174 Å². The van der Waals surface area contributed by atoms with Gasteiger partial charge in [0.1, 0.15) is 23.3 Å². The molecule has 6 heteroatoms. The van der Waals surface area contributed by atoms with Crippen LogP contribution in [0, 0.1) is 6.92 Å². The zero-order chi connectivity index (χ0) is 20.4. The molecule has 4 aromatic rings. The minimum Gasteiger partial charge on any atom is -0.460 e. The van der Waals surface area contributed by atoms with Gasteiger partial charge in [-0.2, -0.15) is 0 Å². The zero-order valence-corrected chi connectivity index (χ0v) is 16.9. The normalized spacial score (nSPS) is 10.7. The van der Waals surface area contributed by atoms with Gasteiger partial charge in [-0.25, -0.2) is 4.79 Å². The Balaban J connectivity index is 1.59. The van der Waals surface area contributed by atoms with Gasteiger partial charge >= 0.3 is 5.97 Å². The second-order valence-electron chi connectivity index (χ2n) is 6.40. The summed E-state index contributed by atoms with van der Waals surface area (Å²) in [4.78, 5) is 25.0. The largest absolute Gasteiger partial charge is 0.460 e. The Bertz CT molecular complexity index is 1260. The fraction of sp³-hybridized carbons (Fsp3) is 0.0435. The van der Waals surface area contributed by atoms with Crippen LogP contribution in [-0.2, 0) is 0 Å². The lowest BCUT2D eigenvalue weighted by Gasteiger charge is -2.08. The van der Waals surface area contributed by atoms with Crippen molar-refractivity contribution in [1.82, 2.24) is 0 Å². The van der Waals surface area contributed by atoms with E-state index < -0.39 is 5.97 Å². The first-order valence-corrected chi connectivity index (χ1v) is 9.57. The molecule has 1 heterocycles. The molecule has 0 aliphatic rings. The quantitative estimate of drug-likeness (QED) is 0.287. The minimum absolute atomic E-state index is 0.0858. The summed E-state index contributed by atoms with van der Waals surface area (Å²) in [5, 5.41) is 0.332. The lowest BCUT2D eigenvalue weighted by molar-refractivity contribution is 0.0735. The van der Waals surface area contributed by atoms with Gasteiger partial charge in [0.2, 0.25) is 11.2 Å². The smallest absolute Gasteiger partial charge is 0.343 e. The SMILES string of the molecule is Cc1cccc(Oc2coc3cc(OC(=O)c4ccc(Br)cc4)ccc3c2=O)c1. The molecule has 29 heavy (non-hydrogen) atoms. The Hall–Kier alpha value is -3.38. The average Bonchev–Trinajstić information content (AvgIpc) is 2.71. The number of carbonyl (C=O) groups excluding carboxylic acids is 1. The number of esters is 1. The lowest BCUT2D eigenvalue weighted by atomic mass is 10.2. The molecular weight excluding hydrogens is 436 g/mol. The van der Waals surface area contributed by atoms with Crippen molar-refractivity contribution in [3.8, 4) is 17.2 Å². The van der Waals surface area contributed by atoms with Crippen LogP contribution in [-0.4, -0.2) is 5.97 Å². The molecule has 144 valence electrons. The number of fused-ring (bicyclic) bond motifs is 1. The highest BCUT2D eigenvalue weighted by Gasteiger charge is 2.13. The maximum Gasteiger partial charge on any atom is 0.343 e. The number of benzene rings is 3. The maximum atomic E-state index is 12.7. The van der Waals surface area contributed by atoms with Gasteiger partial charge < -0.3 is 13.9 Å². The van der Waals surface area contributed by atoms with Gasteiger partial charge in [-0.15, -0.1) is 0 Å². The molecule has 4 rings (SSSR count). The summed E-state index contributed by atoms with van der Waals surface area (Å²) < 4.78 is 17.5. The molecule has 0 bridgehead atoms. The van der Waals surface area contributed by atoms with Crippen molar-refractivity contribution in [2.45, 2.75) is 6.92 Å². The lowest BCUT2D eigenvalue weighted by Crippen LogP contribution is -2.09. The van der Waals surface area contributed by atoms with Crippen molar-refractivity contribution in [2.24, 2.45) is 0 Å². The van der Waals surface area contributed by atoms with Crippen molar-refractivity contribution in [1.29, 1.82) is 0 Å². The second-order valence-corrected chi connectivity index (χ2v) is 7.32. The number of hydrogen-bond donors (Lipinski definition) is 0. The molecule has 0 aliphatic heterocycles. The number of hydrogen-bond acceptors (Lipinski definition) is 5. The molecular formula is C23H15BrO5. The van der Waals surface area contributed by atoms with Crippen LogP contribution in [0.3, 0.4) is 0 Å². The van der Waals surface area contributed by atoms with Crippen LogP contribution in [0.15, 0.2) is 86.7 Å². The van der Waals surface area contributed by atoms with Crippen molar-refractivity contribution in [3.63, 3.8) is 0 Å². The molecule has 1 aromatic heterocycles. The van der Waals surface area contributed by atoms with Crippen LogP contribution in [0.1, 0.15) is 15.9 Å². The predicted octanol–water partition coefficient (Wildman–Crippen LogP) is 5.88. The third kappa shape index (κ3) is 4.22. The zero-order valence-electron chi connectivity index (χ0n) is 15.3. The summed E-state index contributed by atoms with van der Waals surface area (Å²) in [6, 6.07) is 18.8. The van der Waals surface area contributed by atoms with Gasteiger partial charge in [0, 0.05) is 10.5 Å². The first-order valence-electron chi connectivity index (χ1n) is 8.77. The number of halogens is 1. The molecule has 0 unspecified atom stereocenters. The molecule has 0 N–H and O–H groups in total. The van der Waals surface area contributed by atoms with Crippen LogP contribution in [0.2, 0.25) is 0 Å². The molecule has 0 aliphatic carbocycles. The monoisotopic (exact) mass is 450 g/mol. The van der Waals surface area contributed by atoms with Crippen molar-refractivity contribution >= 4 is 32.9 Å². The maximum absolute atomic E-state index is 12.7. The standard InChI is InChI=1S/C23H15BrO5/c1-14-3-2-4-17(11-14)28-21-13-27-20-12-18(9-10-19(20)22(21)25)29-23(26)15-5-7-16(24)8-6-15/h2-13H,1H3. The van der Waals surface area contributed by atoms with E-state index in [0.29, 0.717) is 22.3 Å². The van der Waals surface area contributed by atoms with E-state index in [-0.39, 0.29) is 16.9 Å². The highest BCUT2D eigenvalue weighted by molar-refractivity contribution is 9.10. The minimum atomic E-state index is -0.501. The molecule has 0 radical (unpaired) electrons. The van der Waals surface area contributed by atoms with Gasteiger partial charge in [0.25, 0.3) is 0 Å². The topological polar surface area (TPSA) is 65.7 Å². The van der Waals surface area contributed by atoms with E-state index in [4.69, 9.17) is 13.9 Å². The van der Waals surface area contributed by atoms with Gasteiger partial charge in [-0.05, 0) is 61.0 Å². The fourth-order valence-electron chi connectivity index (χ4n) is 2.78. The summed E-state index contributed by atoms with van der Waals surface area (Å²) in [5.41, 5.74) is 1.42. The first kappa shape index (κ1) is 19.0. The average molecular weight is 451 g/mol. The van der Waals surface area contributed by atoms with Crippen molar-refractivity contribution in [3.05, 3.63) is 98.8 Å². The number of rotatable bonds is 4. The molecule has 0 spiro atoms. The summed E-state index contributed by atoms with van der Waals surface area (Å²) in [5.74, 6) is 0.416. The first-order chi connectivity index (χ1) is 14.0. The van der Waals surface area contributed by atoms with E-state index >= 15 is 0 Å². The third-order valence-electron chi connectivity index (χ3n) is 4.22. The summed E-state index contributed by atoms with van der Waals surface area (Å²) in [6.07, 6.45) is 1.26. The van der Waals surface area contributed by atoms with Crippen LogP contribution >= 0.6 is 15.9 Å². The molecule has 0 saturated heterocycles. The van der Waals surface area contributed by atoms with E-state index in [1.165, 1.54) is 12.3 Å². The van der Waals surface area contributed by atoms with Crippen LogP contribution in [0.4, 0.5) is 0 Å². The van der Waals surface area contributed by atoms with E-state index in [1.807, 2.05) is 25.1 Å². The van der Waals surface area contributed by atoms with Crippen molar-refractivity contribution < 1.29 is 18.7 Å². The van der Waals surface area contributed by atoms with Crippen LogP contribution < -0.4 is 14.9 Å². The van der Waals surface area contributed by atoms with E-state index in [0.717, 1.165) is 10.0 Å². The number of aryl methyl sites for hydroxylation is 1. The van der Waals surface area contributed by atoms with Crippen molar-refractivity contribution in [2.75, 3.05) is 0 Å². The van der Waals surface area contributed by atoms with E-state index in [2.05, 4.69) is 15.9 Å². The Morgan fingerprint density at radius 3 is 2.52 bits per heavy atom. The Morgan fingerprint density at radius 1 is 0.966 bits per heavy atom. The Morgan fingerprint density at radius 2 is 1.76 bits per heavy atom. The molecule has 0 atom stereocenters. The molecule has 0 amide bonds. The van der Waals surface area contributed by atoms with E-state index in [9.17, 15) is 9.59 Å². The predicted molar refractivity (Wildman–Crippen MR) is 113 cm³/mol. The summed E-state index contributed by atoms with van der Waals surface area (Å²) in [6.45, 7) is 1.94. The summed E-state index contributed by atoms with van der Waals surface area (Å²) >= 11 is 3.32. The second kappa shape index (κ2) is 7.93.